The van der Waals surface area contributed by atoms with Gasteiger partial charge in [0.05, 0.1) is 11.8 Å². The third-order valence-electron chi connectivity index (χ3n) is 6.95. The van der Waals surface area contributed by atoms with Gasteiger partial charge in [0.1, 0.15) is 5.75 Å². The predicted octanol–water partition coefficient (Wildman–Crippen LogP) is 3.14. The van der Waals surface area contributed by atoms with Crippen molar-refractivity contribution in [3.8, 4) is 39.9 Å². The highest BCUT2D eigenvalue weighted by atomic mass is 16.7. The summed E-state index contributed by atoms with van der Waals surface area (Å²) in [6.45, 7) is 0.171. The Labute approximate surface area is 191 Å². The van der Waals surface area contributed by atoms with Gasteiger partial charge in [0.15, 0.2) is 17.4 Å². The highest BCUT2D eigenvalue weighted by Gasteiger charge is 2.33. The van der Waals surface area contributed by atoms with Crippen LogP contribution in [-0.2, 0) is 0 Å². The largest absolute Gasteiger partial charge is 0.507 e. The van der Waals surface area contributed by atoms with Crippen molar-refractivity contribution in [2.24, 2.45) is 0 Å². The topological polar surface area (TPSA) is 106 Å². The van der Waals surface area contributed by atoms with Crippen LogP contribution in [0.25, 0.3) is 22.5 Å². The maximum absolute atomic E-state index is 10.7. The van der Waals surface area contributed by atoms with Gasteiger partial charge in [0.25, 0.3) is 5.88 Å². The number of aromatic hydroxyl groups is 1. The number of piperidine rings is 2. The maximum atomic E-state index is 10.7. The van der Waals surface area contributed by atoms with Crippen molar-refractivity contribution in [3.05, 3.63) is 36.7 Å². The Morgan fingerprint density at radius 2 is 1.85 bits per heavy atom. The normalized spacial score (nSPS) is 23.4. The predicted molar refractivity (Wildman–Crippen MR) is 122 cm³/mol. The number of phenols is 1. The van der Waals surface area contributed by atoms with E-state index in [-0.39, 0.29) is 12.5 Å². The lowest BCUT2D eigenvalue weighted by Crippen LogP contribution is -2.54. The molecule has 0 radical (unpaired) electrons. The molecule has 2 saturated heterocycles. The van der Waals surface area contributed by atoms with Crippen molar-refractivity contribution >= 4 is 5.82 Å². The molecule has 3 aliphatic rings. The van der Waals surface area contributed by atoms with Crippen molar-refractivity contribution in [1.82, 2.24) is 25.5 Å². The van der Waals surface area contributed by atoms with E-state index < -0.39 is 0 Å². The molecule has 2 fully saturated rings. The summed E-state index contributed by atoms with van der Waals surface area (Å²) in [5.74, 6) is 2.31. The van der Waals surface area contributed by atoms with E-state index in [2.05, 4.69) is 37.4 Å². The third-order valence-corrected chi connectivity index (χ3v) is 6.95. The van der Waals surface area contributed by atoms with Gasteiger partial charge in [0.2, 0.25) is 6.79 Å². The Morgan fingerprint density at radius 3 is 2.61 bits per heavy atom. The Kier molecular flexibility index (Phi) is 4.98. The van der Waals surface area contributed by atoms with Crippen LogP contribution in [0.3, 0.4) is 0 Å². The van der Waals surface area contributed by atoms with E-state index in [1.807, 2.05) is 12.1 Å². The number of fused-ring (bicyclic) bond motifs is 3. The zero-order chi connectivity index (χ0) is 22.4. The average molecular weight is 447 g/mol. The van der Waals surface area contributed by atoms with Crippen LogP contribution in [0, 0.1) is 0 Å². The number of rotatable bonds is 4. The van der Waals surface area contributed by atoms with Crippen LogP contribution in [-0.4, -0.2) is 57.2 Å². The first-order chi connectivity index (χ1) is 16.1. The van der Waals surface area contributed by atoms with Crippen molar-refractivity contribution in [3.63, 3.8) is 0 Å². The summed E-state index contributed by atoms with van der Waals surface area (Å²) in [5, 5.41) is 23.2. The van der Waals surface area contributed by atoms with Crippen molar-refractivity contribution in [2.75, 3.05) is 18.7 Å². The highest BCUT2D eigenvalue weighted by molar-refractivity contribution is 5.73. The van der Waals surface area contributed by atoms with Crippen molar-refractivity contribution in [2.45, 2.75) is 50.2 Å². The SMILES string of the molecule is CN(c1cnc(-c2ccc(-c3cnc4c(c3)OCO4)cc2O)nn1)[C@@H]1C[C@H]2CCC[C@@H](C1)N2. The van der Waals surface area contributed by atoms with Crippen LogP contribution in [0.4, 0.5) is 5.82 Å². The number of hydrogen-bond donors (Lipinski definition) is 2. The number of pyridine rings is 1. The van der Waals surface area contributed by atoms with E-state index in [0.717, 1.165) is 29.8 Å². The molecule has 0 amide bonds. The van der Waals surface area contributed by atoms with Gasteiger partial charge in [0, 0.05) is 36.9 Å². The first-order valence-corrected chi connectivity index (χ1v) is 11.4. The second kappa shape index (κ2) is 8.15. The molecule has 0 saturated carbocycles. The number of benzene rings is 1. The average Bonchev–Trinajstić information content (AvgIpc) is 3.31. The molecule has 5 heterocycles. The quantitative estimate of drug-likeness (QED) is 0.625. The summed E-state index contributed by atoms with van der Waals surface area (Å²) >= 11 is 0. The van der Waals surface area contributed by atoms with Gasteiger partial charge in [-0.15, -0.1) is 10.2 Å². The molecule has 9 heteroatoms. The lowest BCUT2D eigenvalue weighted by molar-refractivity contribution is 0.171. The van der Waals surface area contributed by atoms with E-state index in [4.69, 9.17) is 9.47 Å². The minimum absolute atomic E-state index is 0.0826. The molecular weight excluding hydrogens is 420 g/mol. The van der Waals surface area contributed by atoms with E-state index in [1.54, 1.807) is 24.5 Å². The molecule has 170 valence electrons. The summed E-state index contributed by atoms with van der Waals surface area (Å²) < 4.78 is 10.7. The molecule has 0 unspecified atom stereocenters. The molecule has 6 rings (SSSR count). The minimum atomic E-state index is 0.0826. The molecule has 33 heavy (non-hydrogen) atoms. The van der Waals surface area contributed by atoms with Crippen LogP contribution in [0.15, 0.2) is 36.7 Å². The summed E-state index contributed by atoms with van der Waals surface area (Å²) in [6, 6.07) is 8.84. The summed E-state index contributed by atoms with van der Waals surface area (Å²) in [5.41, 5.74) is 2.16. The van der Waals surface area contributed by atoms with E-state index in [1.165, 1.54) is 19.3 Å². The Morgan fingerprint density at radius 1 is 1.00 bits per heavy atom. The van der Waals surface area contributed by atoms with Crippen LogP contribution >= 0.6 is 0 Å². The zero-order valence-corrected chi connectivity index (χ0v) is 18.4. The standard InChI is InChI=1S/C24H26N6O3/c1-30(18-9-16-3-2-4-17(10-18)27-16)22-12-25-23(29-28-22)19-6-5-14(7-20(19)31)15-8-21-24(26-11-15)33-13-32-21/h5-8,11-12,16-18,27,31H,2-4,9-10,13H2,1H3/t16-,17+,18-. The first-order valence-electron chi connectivity index (χ1n) is 11.4. The summed E-state index contributed by atoms with van der Waals surface area (Å²) in [6.07, 6.45) is 9.50. The Bertz CT molecular complexity index is 1160. The van der Waals surface area contributed by atoms with Crippen LogP contribution in [0.2, 0.25) is 0 Å². The number of ether oxygens (including phenoxy) is 2. The second-order valence-corrected chi connectivity index (χ2v) is 9.03. The third kappa shape index (κ3) is 3.82. The summed E-state index contributed by atoms with van der Waals surface area (Å²) in [7, 11) is 2.07. The molecule has 2 aromatic heterocycles. The second-order valence-electron chi connectivity index (χ2n) is 9.03. The number of hydrogen-bond acceptors (Lipinski definition) is 9. The fourth-order valence-electron chi connectivity index (χ4n) is 5.14. The van der Waals surface area contributed by atoms with Gasteiger partial charge in [-0.05, 0) is 49.4 Å². The smallest absolute Gasteiger partial charge is 0.260 e. The van der Waals surface area contributed by atoms with Gasteiger partial charge in [-0.3, -0.25) is 0 Å². The van der Waals surface area contributed by atoms with Gasteiger partial charge in [-0.1, -0.05) is 12.5 Å². The summed E-state index contributed by atoms with van der Waals surface area (Å²) in [4.78, 5) is 11.0. The Balaban J connectivity index is 1.20. The lowest BCUT2D eigenvalue weighted by Gasteiger charge is -2.43. The van der Waals surface area contributed by atoms with E-state index in [9.17, 15) is 5.11 Å². The van der Waals surface area contributed by atoms with E-state index >= 15 is 0 Å². The number of anilines is 1. The molecular formula is C24H26N6O3. The zero-order valence-electron chi connectivity index (χ0n) is 18.4. The molecule has 3 aromatic rings. The highest BCUT2D eigenvalue weighted by Crippen LogP contribution is 2.36. The molecule has 1 aromatic carbocycles. The first kappa shape index (κ1) is 20.2. The number of nitrogens with one attached hydrogen (secondary N) is 1. The minimum Gasteiger partial charge on any atom is -0.507 e. The molecule has 2 bridgehead atoms. The molecule has 0 spiro atoms. The number of phenolic OH excluding ortho intramolecular Hbond substituents is 1. The van der Waals surface area contributed by atoms with Crippen molar-refractivity contribution in [1.29, 1.82) is 0 Å². The van der Waals surface area contributed by atoms with Crippen LogP contribution in [0.5, 0.6) is 17.4 Å². The van der Waals surface area contributed by atoms with Crippen molar-refractivity contribution < 1.29 is 14.6 Å². The lowest BCUT2D eigenvalue weighted by atomic mass is 9.83. The van der Waals surface area contributed by atoms with Gasteiger partial charge in [-0.25, -0.2) is 9.97 Å². The molecule has 0 aliphatic carbocycles. The molecule has 2 N–H and O–H groups in total. The van der Waals surface area contributed by atoms with Gasteiger partial charge in [-0.2, -0.15) is 0 Å². The maximum Gasteiger partial charge on any atom is 0.260 e. The molecule has 9 nitrogen and oxygen atoms in total. The van der Waals surface area contributed by atoms with E-state index in [0.29, 0.717) is 41.1 Å². The van der Waals surface area contributed by atoms with Crippen LogP contribution < -0.4 is 19.7 Å². The monoisotopic (exact) mass is 446 g/mol. The van der Waals surface area contributed by atoms with Gasteiger partial charge >= 0.3 is 0 Å². The fourth-order valence-corrected chi connectivity index (χ4v) is 5.14. The van der Waals surface area contributed by atoms with Gasteiger partial charge < -0.3 is 24.8 Å². The Hall–Kier alpha value is -3.46. The number of aromatic nitrogens is 4. The molecule has 3 aliphatic heterocycles. The van der Waals surface area contributed by atoms with Crippen LogP contribution in [0.1, 0.15) is 32.1 Å². The molecule has 3 atom stereocenters. The number of nitrogens with zero attached hydrogens (tertiary/aromatic N) is 5. The fraction of sp³-hybridized carbons (Fsp3) is 0.417.